The second-order valence-corrected chi connectivity index (χ2v) is 13.5. The van der Waals surface area contributed by atoms with Gasteiger partial charge >= 0.3 is 6.09 Å². The van der Waals surface area contributed by atoms with Crippen molar-refractivity contribution in [1.82, 2.24) is 25.7 Å². The Bertz CT molecular complexity index is 1220. The van der Waals surface area contributed by atoms with E-state index >= 15 is 0 Å². The number of benzene rings is 1. The number of nitrogens with one attached hydrogen (secondary N) is 2. The third kappa shape index (κ3) is 9.04. The molecule has 41 heavy (non-hydrogen) atoms. The van der Waals surface area contributed by atoms with Gasteiger partial charge in [-0.25, -0.2) is 4.79 Å². The predicted molar refractivity (Wildman–Crippen MR) is 155 cm³/mol. The highest BCUT2D eigenvalue weighted by molar-refractivity contribution is 7.99. The van der Waals surface area contributed by atoms with Gasteiger partial charge in [0, 0.05) is 23.9 Å². The second kappa shape index (κ2) is 13.5. The van der Waals surface area contributed by atoms with Crippen molar-refractivity contribution in [2.45, 2.75) is 95.4 Å². The van der Waals surface area contributed by atoms with E-state index in [1.54, 1.807) is 51.1 Å². The largest absolute Gasteiger partial charge is 0.444 e. The molecule has 0 unspecified atom stereocenters. The normalized spacial score (nSPS) is 15.9. The molecule has 1 aromatic carbocycles. The average molecular weight is 588 g/mol. The third-order valence-electron chi connectivity index (χ3n) is 6.37. The number of ketones is 1. The van der Waals surface area contributed by atoms with Gasteiger partial charge in [-0.2, -0.15) is 0 Å². The summed E-state index contributed by atoms with van der Waals surface area (Å²) < 4.78 is 11.1. The fourth-order valence-corrected chi connectivity index (χ4v) is 5.01. The maximum absolute atomic E-state index is 14.0. The highest BCUT2D eigenvalue weighted by Crippen LogP contribution is 2.27. The van der Waals surface area contributed by atoms with Crippen molar-refractivity contribution >= 4 is 35.5 Å². The molecule has 12 heteroatoms. The lowest BCUT2D eigenvalue weighted by atomic mass is 9.85. The van der Waals surface area contributed by atoms with Gasteiger partial charge in [0.05, 0.1) is 6.04 Å². The molecule has 0 spiro atoms. The fraction of sp³-hybridized carbons (Fsp3) is 0.586. The summed E-state index contributed by atoms with van der Waals surface area (Å²) in [4.78, 5) is 54.9. The number of thioether (sulfide) groups is 1. The smallest absolute Gasteiger partial charge is 0.410 e. The van der Waals surface area contributed by atoms with Crippen LogP contribution < -0.4 is 10.6 Å². The number of nitrogens with zero attached hydrogens (tertiary/aromatic N) is 3. The van der Waals surface area contributed by atoms with Crippen LogP contribution in [0, 0.1) is 5.92 Å². The van der Waals surface area contributed by atoms with Gasteiger partial charge in [0.1, 0.15) is 11.1 Å². The molecule has 3 amide bonds. The van der Waals surface area contributed by atoms with Crippen molar-refractivity contribution in [3.63, 3.8) is 0 Å². The Morgan fingerprint density at radius 2 is 1.68 bits per heavy atom. The third-order valence-corrected chi connectivity index (χ3v) is 7.21. The number of carbonyl (C=O) groups excluding carboxylic acids is 4. The van der Waals surface area contributed by atoms with Crippen LogP contribution in [0.4, 0.5) is 4.79 Å². The molecule has 1 fully saturated rings. The number of piperidine rings is 1. The number of amides is 3. The van der Waals surface area contributed by atoms with Crippen molar-refractivity contribution in [2.75, 3.05) is 13.1 Å². The first kappa shape index (κ1) is 32.1. The van der Waals surface area contributed by atoms with Crippen LogP contribution in [0.25, 0.3) is 0 Å². The van der Waals surface area contributed by atoms with E-state index in [2.05, 4.69) is 20.8 Å². The number of hydrogen-bond donors (Lipinski definition) is 2. The molecule has 2 N–H and O–H groups in total. The highest BCUT2D eigenvalue weighted by Gasteiger charge is 2.45. The van der Waals surface area contributed by atoms with Gasteiger partial charge in [0.25, 0.3) is 17.0 Å². The summed E-state index contributed by atoms with van der Waals surface area (Å²) in [5.41, 5.74) is -1.64. The van der Waals surface area contributed by atoms with Gasteiger partial charge in [-0.3, -0.25) is 14.4 Å². The Hall–Kier alpha value is -3.41. The zero-order valence-corrected chi connectivity index (χ0v) is 25.7. The molecule has 1 atom stereocenters. The summed E-state index contributed by atoms with van der Waals surface area (Å²) in [5, 5.41) is 14.1. The Morgan fingerprint density at radius 1 is 1.05 bits per heavy atom. The number of hydrogen-bond acceptors (Lipinski definition) is 9. The van der Waals surface area contributed by atoms with Crippen molar-refractivity contribution in [3.05, 3.63) is 41.8 Å². The number of aromatic nitrogens is 2. The topological polar surface area (TPSA) is 144 Å². The van der Waals surface area contributed by atoms with Crippen molar-refractivity contribution in [3.8, 4) is 0 Å². The minimum atomic E-state index is -1.37. The molecule has 2 aromatic rings. The van der Waals surface area contributed by atoms with Gasteiger partial charge < -0.3 is 24.7 Å². The van der Waals surface area contributed by atoms with Gasteiger partial charge in [-0.1, -0.05) is 57.7 Å². The summed E-state index contributed by atoms with van der Waals surface area (Å²) >= 11 is 1.34. The summed E-state index contributed by atoms with van der Waals surface area (Å²) in [5.74, 6) is -1.56. The Morgan fingerprint density at radius 3 is 2.24 bits per heavy atom. The van der Waals surface area contributed by atoms with E-state index in [0.717, 1.165) is 0 Å². The zero-order chi connectivity index (χ0) is 30.4. The molecule has 1 aliphatic rings. The Kier molecular flexibility index (Phi) is 10.6. The first-order valence-electron chi connectivity index (χ1n) is 13.9. The summed E-state index contributed by atoms with van der Waals surface area (Å²) in [6.07, 6.45) is 0.108. The lowest BCUT2D eigenvalue weighted by molar-refractivity contribution is -0.130. The van der Waals surface area contributed by atoms with Crippen molar-refractivity contribution < 1.29 is 28.3 Å². The summed E-state index contributed by atoms with van der Waals surface area (Å²) in [7, 11) is 0. The van der Waals surface area contributed by atoms with E-state index in [1.165, 1.54) is 16.7 Å². The molecule has 1 aliphatic heterocycles. The van der Waals surface area contributed by atoms with E-state index < -0.39 is 40.9 Å². The molecule has 0 bridgehead atoms. The fourth-order valence-electron chi connectivity index (χ4n) is 4.39. The molecular weight excluding hydrogens is 546 g/mol. The van der Waals surface area contributed by atoms with Crippen LogP contribution in [0.3, 0.4) is 0 Å². The van der Waals surface area contributed by atoms with Gasteiger partial charge in [0.2, 0.25) is 11.7 Å². The minimum absolute atomic E-state index is 0.0561. The van der Waals surface area contributed by atoms with Crippen LogP contribution in [-0.2, 0) is 9.53 Å². The maximum Gasteiger partial charge on any atom is 0.410 e. The predicted octanol–water partition coefficient (Wildman–Crippen LogP) is 4.48. The molecule has 0 aliphatic carbocycles. The number of carbonyl (C=O) groups is 4. The molecule has 0 saturated carbocycles. The number of Topliss-reactive ketones (excluding diaryl/α,β-unsaturated/α-hetero) is 1. The summed E-state index contributed by atoms with van der Waals surface area (Å²) in [6.45, 7) is 13.5. The first-order chi connectivity index (χ1) is 19.2. The molecule has 3 rings (SSSR count). The lowest BCUT2D eigenvalue weighted by Gasteiger charge is -2.41. The minimum Gasteiger partial charge on any atom is -0.444 e. The van der Waals surface area contributed by atoms with E-state index in [1.807, 2.05) is 27.7 Å². The molecule has 224 valence electrons. The summed E-state index contributed by atoms with van der Waals surface area (Å²) in [6, 6.07) is 7.63. The Balaban J connectivity index is 1.85. The van der Waals surface area contributed by atoms with Crippen molar-refractivity contribution in [1.29, 1.82) is 0 Å². The van der Waals surface area contributed by atoms with E-state index in [9.17, 15) is 19.2 Å². The highest BCUT2D eigenvalue weighted by atomic mass is 32.2. The number of rotatable bonds is 10. The number of likely N-dealkylation sites (tertiary alicyclic amines) is 1. The van der Waals surface area contributed by atoms with E-state index in [4.69, 9.17) is 9.15 Å². The molecule has 1 aromatic heterocycles. The molecule has 1 saturated heterocycles. The van der Waals surface area contributed by atoms with Crippen LogP contribution >= 0.6 is 11.8 Å². The maximum atomic E-state index is 14.0. The monoisotopic (exact) mass is 587 g/mol. The van der Waals surface area contributed by atoms with Gasteiger partial charge in [-0.15, -0.1) is 10.2 Å². The quantitative estimate of drug-likeness (QED) is 0.304. The van der Waals surface area contributed by atoms with Crippen LogP contribution in [0.1, 0.15) is 88.8 Å². The lowest BCUT2D eigenvalue weighted by Crippen LogP contribution is -2.65. The molecular formula is C29H41N5O6S. The van der Waals surface area contributed by atoms with Crippen LogP contribution in [0.2, 0.25) is 0 Å². The number of ether oxygens (including phenoxy) is 1. The molecule has 0 radical (unpaired) electrons. The van der Waals surface area contributed by atoms with E-state index in [0.29, 0.717) is 12.0 Å². The average Bonchev–Trinajstić information content (AvgIpc) is 3.35. The standard InChI is InChI=1S/C29H41N5O6S/c1-18(2)17-21(22(35)24-32-33-26(39-24)41-19(3)4)30-25(37)29(31-23(36)20-11-9-8-10-12-20)13-15-34(16-14-29)27(38)40-28(5,6)7/h8-12,18-19,21H,13-17H2,1-7H3,(H,30,37)(H,31,36)/t21-/m0/s1. The zero-order valence-electron chi connectivity index (χ0n) is 24.9. The second-order valence-electron chi connectivity index (χ2n) is 11.9. The van der Waals surface area contributed by atoms with Crippen LogP contribution in [0.5, 0.6) is 0 Å². The SMILES string of the molecule is CC(C)C[C@H](NC(=O)C1(NC(=O)c2ccccc2)CCN(C(=O)OC(C)(C)C)CC1)C(=O)c1nnc(SC(C)C)o1. The Labute approximate surface area is 245 Å². The van der Waals surface area contributed by atoms with Gasteiger partial charge in [-0.05, 0) is 58.1 Å². The van der Waals surface area contributed by atoms with Gasteiger partial charge in [0.15, 0.2) is 0 Å². The molecule has 11 nitrogen and oxygen atoms in total. The van der Waals surface area contributed by atoms with Crippen LogP contribution in [-0.4, -0.2) is 74.3 Å². The van der Waals surface area contributed by atoms with E-state index in [-0.39, 0.29) is 48.2 Å². The van der Waals surface area contributed by atoms with Crippen LogP contribution in [0.15, 0.2) is 40.0 Å². The molecule has 2 heterocycles. The first-order valence-corrected chi connectivity index (χ1v) is 14.8. The van der Waals surface area contributed by atoms with Crippen molar-refractivity contribution in [2.24, 2.45) is 5.92 Å².